The third kappa shape index (κ3) is 4.02. The van der Waals surface area contributed by atoms with E-state index in [-0.39, 0.29) is 11.5 Å². The van der Waals surface area contributed by atoms with Gasteiger partial charge in [-0.1, -0.05) is 69.3 Å². The summed E-state index contributed by atoms with van der Waals surface area (Å²) in [5, 5.41) is 0. The highest BCUT2D eigenvalue weighted by Gasteiger charge is 2.59. The molecule has 3 rings (SSSR count). The van der Waals surface area contributed by atoms with Gasteiger partial charge in [-0.25, -0.2) is 8.42 Å². The van der Waals surface area contributed by atoms with Gasteiger partial charge in [0.15, 0.2) is 0 Å². The van der Waals surface area contributed by atoms with Crippen molar-refractivity contribution in [2.45, 2.75) is 50.7 Å². The van der Waals surface area contributed by atoms with E-state index in [9.17, 15) is 13.2 Å². The first-order valence-corrected chi connectivity index (χ1v) is 11.6. The SMILES string of the molecule is CCOC(=O)[C@@H]1[C@@H](C(C)(C)C)[C@H](N)[C@H](c2ccccc2)N1S(=O)(=O)c1ccccc1. The van der Waals surface area contributed by atoms with Crippen LogP contribution < -0.4 is 5.73 Å². The van der Waals surface area contributed by atoms with Crippen LogP contribution in [0.4, 0.5) is 0 Å². The van der Waals surface area contributed by atoms with Crippen molar-refractivity contribution in [1.29, 1.82) is 0 Å². The molecular weight excluding hydrogens is 400 g/mol. The number of rotatable bonds is 5. The first-order chi connectivity index (χ1) is 14.1. The molecule has 30 heavy (non-hydrogen) atoms. The Kier molecular flexibility index (Phi) is 6.36. The molecule has 0 unspecified atom stereocenters. The van der Waals surface area contributed by atoms with Crippen molar-refractivity contribution in [2.24, 2.45) is 17.1 Å². The van der Waals surface area contributed by atoms with Gasteiger partial charge in [0, 0.05) is 12.0 Å². The van der Waals surface area contributed by atoms with Gasteiger partial charge in [-0.15, -0.1) is 0 Å². The highest BCUT2D eigenvalue weighted by atomic mass is 32.2. The van der Waals surface area contributed by atoms with Gasteiger partial charge in [0.1, 0.15) is 6.04 Å². The standard InChI is InChI=1S/C23H30N2O4S/c1-5-29-22(26)21-18(23(2,3)4)19(24)20(16-12-8-6-9-13-16)25(21)30(27,28)17-14-10-7-11-15-17/h6-15,18-21H,5,24H2,1-4H3/t18-,19-,20-,21-/m0/s1. The Morgan fingerprint density at radius 2 is 1.57 bits per heavy atom. The van der Waals surface area contributed by atoms with Gasteiger partial charge in [-0.05, 0) is 30.0 Å². The molecule has 2 N–H and O–H groups in total. The van der Waals surface area contributed by atoms with Gasteiger partial charge in [-0.3, -0.25) is 4.79 Å². The summed E-state index contributed by atoms with van der Waals surface area (Å²) >= 11 is 0. The predicted molar refractivity (Wildman–Crippen MR) is 116 cm³/mol. The Labute approximate surface area is 179 Å². The van der Waals surface area contributed by atoms with E-state index in [0.717, 1.165) is 5.56 Å². The molecular formula is C23H30N2O4S. The molecule has 1 fully saturated rings. The minimum absolute atomic E-state index is 0.127. The van der Waals surface area contributed by atoms with Crippen LogP contribution in [0.15, 0.2) is 65.6 Å². The number of hydrogen-bond acceptors (Lipinski definition) is 5. The van der Waals surface area contributed by atoms with Crippen molar-refractivity contribution in [3.8, 4) is 0 Å². The molecule has 162 valence electrons. The number of sulfonamides is 1. The van der Waals surface area contributed by atoms with Crippen molar-refractivity contribution in [1.82, 2.24) is 4.31 Å². The maximum absolute atomic E-state index is 13.8. The molecule has 1 saturated heterocycles. The summed E-state index contributed by atoms with van der Waals surface area (Å²) in [6.07, 6.45) is 0. The molecule has 0 aliphatic carbocycles. The predicted octanol–water partition coefficient (Wildman–Crippen LogP) is 3.35. The van der Waals surface area contributed by atoms with E-state index in [1.165, 1.54) is 16.4 Å². The van der Waals surface area contributed by atoms with E-state index in [4.69, 9.17) is 10.5 Å². The van der Waals surface area contributed by atoms with Crippen LogP contribution in [0.2, 0.25) is 0 Å². The van der Waals surface area contributed by atoms with Crippen LogP contribution in [-0.4, -0.2) is 37.4 Å². The first-order valence-electron chi connectivity index (χ1n) is 10.2. The number of carbonyl (C=O) groups is 1. The lowest BCUT2D eigenvalue weighted by Crippen LogP contribution is -2.48. The fourth-order valence-corrected chi connectivity index (χ4v) is 6.29. The quantitative estimate of drug-likeness (QED) is 0.735. The van der Waals surface area contributed by atoms with Crippen LogP contribution in [0.1, 0.15) is 39.3 Å². The first kappa shape index (κ1) is 22.5. The Morgan fingerprint density at radius 1 is 1.03 bits per heavy atom. The van der Waals surface area contributed by atoms with Gasteiger partial charge < -0.3 is 10.5 Å². The zero-order valence-electron chi connectivity index (χ0n) is 17.9. The second-order valence-electron chi connectivity index (χ2n) is 8.67. The van der Waals surface area contributed by atoms with Gasteiger partial charge in [0.05, 0.1) is 17.5 Å². The van der Waals surface area contributed by atoms with Gasteiger partial charge in [0.25, 0.3) is 0 Å². The lowest BCUT2D eigenvalue weighted by Gasteiger charge is -2.34. The Hall–Kier alpha value is -2.22. The molecule has 7 heteroatoms. The summed E-state index contributed by atoms with van der Waals surface area (Å²) in [5.74, 6) is -0.994. The van der Waals surface area contributed by atoms with E-state index in [1.54, 1.807) is 25.1 Å². The molecule has 0 radical (unpaired) electrons. The molecule has 0 bridgehead atoms. The molecule has 0 saturated carbocycles. The summed E-state index contributed by atoms with van der Waals surface area (Å²) in [5.41, 5.74) is 7.05. The van der Waals surface area contributed by atoms with Crippen LogP contribution in [0.5, 0.6) is 0 Å². The molecule has 2 aromatic carbocycles. The van der Waals surface area contributed by atoms with Crippen LogP contribution >= 0.6 is 0 Å². The molecule has 4 atom stereocenters. The van der Waals surface area contributed by atoms with Crippen LogP contribution in [0.25, 0.3) is 0 Å². The Balaban J connectivity index is 2.26. The summed E-state index contributed by atoms with van der Waals surface area (Å²) < 4.78 is 34.3. The van der Waals surface area contributed by atoms with Crippen molar-refractivity contribution in [2.75, 3.05) is 6.61 Å². The van der Waals surface area contributed by atoms with E-state index in [1.807, 2.05) is 51.1 Å². The largest absolute Gasteiger partial charge is 0.465 e. The van der Waals surface area contributed by atoms with Crippen LogP contribution in [0.3, 0.4) is 0 Å². The van der Waals surface area contributed by atoms with Gasteiger partial charge in [0.2, 0.25) is 10.0 Å². The molecule has 0 aromatic heterocycles. The zero-order valence-corrected chi connectivity index (χ0v) is 18.7. The van der Waals surface area contributed by atoms with E-state index < -0.39 is 45.5 Å². The number of esters is 1. The Bertz CT molecular complexity index is 971. The number of ether oxygens (including phenoxy) is 1. The smallest absolute Gasteiger partial charge is 0.324 e. The summed E-state index contributed by atoms with van der Waals surface area (Å²) in [4.78, 5) is 13.3. The third-order valence-electron chi connectivity index (χ3n) is 5.66. The molecule has 1 aliphatic heterocycles. The second-order valence-corrected chi connectivity index (χ2v) is 10.5. The van der Waals surface area contributed by atoms with E-state index >= 15 is 0 Å². The molecule has 6 nitrogen and oxygen atoms in total. The number of hydrogen-bond donors (Lipinski definition) is 1. The highest BCUT2D eigenvalue weighted by molar-refractivity contribution is 7.89. The minimum Gasteiger partial charge on any atom is -0.465 e. The van der Waals surface area contributed by atoms with Gasteiger partial charge in [-0.2, -0.15) is 4.31 Å². The maximum Gasteiger partial charge on any atom is 0.324 e. The highest BCUT2D eigenvalue weighted by Crippen LogP contribution is 2.49. The second kappa shape index (κ2) is 8.49. The van der Waals surface area contributed by atoms with E-state index in [0.29, 0.717) is 0 Å². The third-order valence-corrected chi connectivity index (χ3v) is 7.53. The molecule has 1 heterocycles. The van der Waals surface area contributed by atoms with Crippen molar-refractivity contribution >= 4 is 16.0 Å². The monoisotopic (exact) mass is 430 g/mol. The Morgan fingerprint density at radius 3 is 2.07 bits per heavy atom. The van der Waals surface area contributed by atoms with Gasteiger partial charge >= 0.3 is 5.97 Å². The number of carbonyl (C=O) groups excluding carboxylic acids is 1. The molecule has 1 aliphatic rings. The number of nitrogens with zero attached hydrogens (tertiary/aromatic N) is 1. The summed E-state index contributed by atoms with van der Waals surface area (Å²) in [6, 6.07) is 15.1. The molecule has 0 amide bonds. The maximum atomic E-state index is 13.8. The average molecular weight is 431 g/mol. The number of nitrogens with two attached hydrogens (primary N) is 1. The lowest BCUT2D eigenvalue weighted by atomic mass is 9.73. The van der Waals surface area contributed by atoms with Crippen molar-refractivity contribution < 1.29 is 17.9 Å². The minimum atomic E-state index is -4.02. The lowest BCUT2D eigenvalue weighted by molar-refractivity contribution is -0.149. The van der Waals surface area contributed by atoms with Crippen LogP contribution in [-0.2, 0) is 19.6 Å². The van der Waals surface area contributed by atoms with Crippen LogP contribution in [0, 0.1) is 11.3 Å². The average Bonchev–Trinajstić information content (AvgIpc) is 3.03. The normalized spacial score (nSPS) is 25.2. The fourth-order valence-electron chi connectivity index (χ4n) is 4.47. The number of benzene rings is 2. The van der Waals surface area contributed by atoms with Crippen molar-refractivity contribution in [3.05, 3.63) is 66.2 Å². The van der Waals surface area contributed by atoms with E-state index in [2.05, 4.69) is 0 Å². The topological polar surface area (TPSA) is 89.7 Å². The zero-order chi connectivity index (χ0) is 22.1. The summed E-state index contributed by atoms with van der Waals surface area (Å²) in [7, 11) is -4.02. The molecule has 2 aromatic rings. The van der Waals surface area contributed by atoms with Crippen molar-refractivity contribution in [3.63, 3.8) is 0 Å². The summed E-state index contributed by atoms with van der Waals surface area (Å²) in [6.45, 7) is 7.81. The fraction of sp³-hybridized carbons (Fsp3) is 0.435. The molecule has 0 spiro atoms.